The van der Waals surface area contributed by atoms with Gasteiger partial charge in [0.1, 0.15) is 0 Å². The maximum Gasteiger partial charge on any atom is 0.159 e. The van der Waals surface area contributed by atoms with Crippen molar-refractivity contribution < 1.29 is 4.79 Å². The molecule has 2 aromatic carbocycles. The van der Waals surface area contributed by atoms with E-state index in [-0.39, 0.29) is 5.78 Å². The van der Waals surface area contributed by atoms with Crippen molar-refractivity contribution in [3.8, 4) is 0 Å². The Morgan fingerprint density at radius 3 is 2.37 bits per heavy atom. The molecule has 0 unspecified atom stereocenters. The number of carbonyl (C=O) groups is 1. The average molecular weight is 268 g/mol. The van der Waals surface area contributed by atoms with Crippen LogP contribution in [-0.4, -0.2) is 5.78 Å². The number of aryl methyl sites for hydroxylation is 2. The number of hydrogen-bond acceptors (Lipinski definition) is 2. The van der Waals surface area contributed by atoms with E-state index in [2.05, 4.69) is 18.2 Å². The van der Waals surface area contributed by atoms with E-state index >= 15 is 0 Å². The van der Waals surface area contributed by atoms with Gasteiger partial charge < -0.3 is 0 Å². The molecule has 96 valence electrons. The molecule has 0 saturated carbocycles. The molecule has 1 nitrogen and oxygen atoms in total. The van der Waals surface area contributed by atoms with Gasteiger partial charge in [0, 0.05) is 15.4 Å². The first-order valence-corrected chi connectivity index (χ1v) is 7.45. The molecule has 2 aromatic rings. The van der Waals surface area contributed by atoms with E-state index in [4.69, 9.17) is 0 Å². The van der Waals surface area contributed by atoms with Gasteiger partial charge in [-0.15, -0.1) is 0 Å². The highest BCUT2D eigenvalue weighted by Gasteiger charge is 2.11. The van der Waals surface area contributed by atoms with Crippen molar-refractivity contribution >= 4 is 17.5 Å². The fourth-order valence-electron chi connectivity index (χ4n) is 2.51. The van der Waals surface area contributed by atoms with E-state index < -0.39 is 0 Å². The van der Waals surface area contributed by atoms with Crippen LogP contribution >= 0.6 is 11.8 Å². The van der Waals surface area contributed by atoms with Crippen LogP contribution in [0.2, 0.25) is 0 Å². The molecule has 19 heavy (non-hydrogen) atoms. The monoisotopic (exact) mass is 268 g/mol. The van der Waals surface area contributed by atoms with Crippen molar-refractivity contribution in [3.05, 3.63) is 59.2 Å². The maximum atomic E-state index is 11.2. The van der Waals surface area contributed by atoms with Crippen molar-refractivity contribution in [1.29, 1.82) is 0 Å². The minimum absolute atomic E-state index is 0.120. The van der Waals surface area contributed by atoms with E-state index in [1.54, 1.807) is 18.7 Å². The topological polar surface area (TPSA) is 17.1 Å². The van der Waals surface area contributed by atoms with Gasteiger partial charge in [0.25, 0.3) is 0 Å². The Kier molecular flexibility index (Phi) is 3.43. The molecule has 0 saturated heterocycles. The van der Waals surface area contributed by atoms with Gasteiger partial charge in [-0.1, -0.05) is 30.0 Å². The van der Waals surface area contributed by atoms with E-state index in [0.717, 1.165) is 5.56 Å². The molecule has 0 N–H and O–H groups in total. The Morgan fingerprint density at radius 1 is 0.947 bits per heavy atom. The second-order valence-electron chi connectivity index (χ2n) is 4.97. The summed E-state index contributed by atoms with van der Waals surface area (Å²) in [6.45, 7) is 1.60. The second kappa shape index (κ2) is 5.22. The third-order valence-corrected chi connectivity index (χ3v) is 4.56. The fraction of sp³-hybridized carbons (Fsp3) is 0.235. The van der Waals surface area contributed by atoms with Gasteiger partial charge >= 0.3 is 0 Å². The Balaban J connectivity index is 1.79. The summed E-state index contributed by atoms with van der Waals surface area (Å²) in [5.74, 6) is 0.120. The van der Waals surface area contributed by atoms with E-state index in [1.165, 1.54) is 40.2 Å². The summed E-state index contributed by atoms with van der Waals surface area (Å²) in [5, 5.41) is 0. The smallest absolute Gasteiger partial charge is 0.159 e. The molecule has 0 bridgehead atoms. The van der Waals surface area contributed by atoms with Crippen molar-refractivity contribution in [2.24, 2.45) is 0 Å². The van der Waals surface area contributed by atoms with E-state index in [9.17, 15) is 4.79 Å². The number of ketones is 1. The molecule has 0 atom stereocenters. The van der Waals surface area contributed by atoms with Crippen molar-refractivity contribution in [2.45, 2.75) is 36.0 Å². The highest BCUT2D eigenvalue weighted by molar-refractivity contribution is 7.99. The lowest BCUT2D eigenvalue weighted by atomic mass is 10.1. The van der Waals surface area contributed by atoms with Gasteiger partial charge in [0.15, 0.2) is 5.78 Å². The lowest BCUT2D eigenvalue weighted by Crippen LogP contribution is -1.90. The number of fused-ring (bicyclic) bond motifs is 1. The highest BCUT2D eigenvalue weighted by Crippen LogP contribution is 2.32. The summed E-state index contributed by atoms with van der Waals surface area (Å²) in [6.07, 6.45) is 3.73. The molecule has 3 rings (SSSR count). The zero-order valence-corrected chi connectivity index (χ0v) is 11.8. The molecule has 0 radical (unpaired) electrons. The van der Waals surface area contributed by atoms with Gasteiger partial charge in [-0.3, -0.25) is 4.79 Å². The van der Waals surface area contributed by atoms with Gasteiger partial charge in [0.2, 0.25) is 0 Å². The largest absolute Gasteiger partial charge is 0.295 e. The third-order valence-electron chi connectivity index (χ3n) is 3.57. The summed E-state index contributed by atoms with van der Waals surface area (Å²) in [7, 11) is 0. The first kappa shape index (κ1) is 12.5. The van der Waals surface area contributed by atoms with Crippen molar-refractivity contribution in [3.63, 3.8) is 0 Å². The normalized spacial score (nSPS) is 13.3. The molecule has 0 amide bonds. The molecule has 0 heterocycles. The summed E-state index contributed by atoms with van der Waals surface area (Å²) < 4.78 is 0. The molecular formula is C17H16OS. The van der Waals surface area contributed by atoms with Crippen LogP contribution in [0.4, 0.5) is 0 Å². The van der Waals surface area contributed by atoms with Crippen LogP contribution in [0.15, 0.2) is 52.3 Å². The lowest BCUT2D eigenvalue weighted by molar-refractivity contribution is 0.101. The van der Waals surface area contributed by atoms with Gasteiger partial charge in [-0.25, -0.2) is 0 Å². The van der Waals surface area contributed by atoms with Crippen LogP contribution in [0.3, 0.4) is 0 Å². The first-order chi connectivity index (χ1) is 9.22. The number of rotatable bonds is 3. The molecule has 0 spiro atoms. The highest BCUT2D eigenvalue weighted by atomic mass is 32.2. The summed E-state index contributed by atoms with van der Waals surface area (Å²) in [4.78, 5) is 13.7. The van der Waals surface area contributed by atoms with Crippen LogP contribution in [0.5, 0.6) is 0 Å². The van der Waals surface area contributed by atoms with Crippen molar-refractivity contribution in [1.82, 2.24) is 0 Å². The fourth-order valence-corrected chi connectivity index (χ4v) is 3.39. The molecule has 0 fully saturated rings. The lowest BCUT2D eigenvalue weighted by Gasteiger charge is -2.05. The Morgan fingerprint density at radius 2 is 1.63 bits per heavy atom. The van der Waals surface area contributed by atoms with Crippen molar-refractivity contribution in [2.75, 3.05) is 0 Å². The average Bonchev–Trinajstić information content (AvgIpc) is 2.87. The minimum atomic E-state index is 0.120. The second-order valence-corrected chi connectivity index (χ2v) is 6.11. The van der Waals surface area contributed by atoms with Crippen LogP contribution in [0.1, 0.15) is 34.8 Å². The molecular weight excluding hydrogens is 252 g/mol. The molecule has 0 aliphatic heterocycles. The maximum absolute atomic E-state index is 11.2. The van der Waals surface area contributed by atoms with Crippen LogP contribution in [-0.2, 0) is 12.8 Å². The zero-order chi connectivity index (χ0) is 13.2. The van der Waals surface area contributed by atoms with Crippen LogP contribution in [0, 0.1) is 0 Å². The number of hydrogen-bond donors (Lipinski definition) is 0. The number of carbonyl (C=O) groups excluding carboxylic acids is 1. The Hall–Kier alpha value is -1.54. The quantitative estimate of drug-likeness (QED) is 0.761. The van der Waals surface area contributed by atoms with Gasteiger partial charge in [-0.05, 0) is 61.6 Å². The minimum Gasteiger partial charge on any atom is -0.295 e. The third kappa shape index (κ3) is 2.74. The number of benzene rings is 2. The first-order valence-electron chi connectivity index (χ1n) is 6.63. The predicted octanol–water partition coefficient (Wildman–Crippen LogP) is 4.53. The van der Waals surface area contributed by atoms with Crippen LogP contribution < -0.4 is 0 Å². The van der Waals surface area contributed by atoms with E-state index in [0.29, 0.717) is 0 Å². The standard InChI is InChI=1S/C17H16OS/c1-12(18)13-5-8-16(9-6-13)19-17-10-7-14-3-2-4-15(14)11-17/h5-11H,2-4H2,1H3. The Bertz CT molecular complexity index is 614. The predicted molar refractivity (Wildman–Crippen MR) is 79.0 cm³/mol. The zero-order valence-electron chi connectivity index (χ0n) is 11.0. The number of Topliss-reactive ketones (excluding diaryl/α,β-unsaturated/α-hetero) is 1. The SMILES string of the molecule is CC(=O)c1ccc(Sc2ccc3c(c2)CCC3)cc1. The summed E-state index contributed by atoms with van der Waals surface area (Å²) in [6, 6.07) is 14.6. The van der Waals surface area contributed by atoms with Crippen LogP contribution in [0.25, 0.3) is 0 Å². The summed E-state index contributed by atoms with van der Waals surface area (Å²) in [5.41, 5.74) is 3.79. The molecule has 2 heteroatoms. The molecule has 1 aliphatic carbocycles. The van der Waals surface area contributed by atoms with Gasteiger partial charge in [-0.2, -0.15) is 0 Å². The summed E-state index contributed by atoms with van der Waals surface area (Å²) >= 11 is 1.76. The van der Waals surface area contributed by atoms with E-state index in [1.807, 2.05) is 24.3 Å². The van der Waals surface area contributed by atoms with Gasteiger partial charge in [0.05, 0.1) is 0 Å². The molecule has 0 aromatic heterocycles. The Labute approximate surface area is 118 Å². The molecule has 1 aliphatic rings.